The van der Waals surface area contributed by atoms with E-state index in [1.807, 2.05) is 13.8 Å². The first-order chi connectivity index (χ1) is 6.89. The molecule has 0 aromatic carbocycles. The van der Waals surface area contributed by atoms with Crippen LogP contribution in [0.2, 0.25) is 0 Å². The maximum Gasteiger partial charge on any atom is 0.271 e. The number of hydroxylamine groups is 2. The third kappa shape index (κ3) is 1.13. The molecule has 2 rings (SSSR count). The molecule has 0 unspecified atom stereocenters. The minimum absolute atomic E-state index is 0.0241. The lowest BCUT2D eigenvalue weighted by Crippen LogP contribution is -2.48. The van der Waals surface area contributed by atoms with Gasteiger partial charge in [0.2, 0.25) is 5.91 Å². The van der Waals surface area contributed by atoms with E-state index in [9.17, 15) is 14.8 Å². The van der Waals surface area contributed by atoms with Crippen LogP contribution in [0, 0.1) is 5.92 Å². The van der Waals surface area contributed by atoms with Crippen molar-refractivity contribution in [2.45, 2.75) is 45.3 Å². The summed E-state index contributed by atoms with van der Waals surface area (Å²) < 4.78 is 0. The molecule has 0 saturated carbocycles. The van der Waals surface area contributed by atoms with E-state index in [1.165, 1.54) is 0 Å². The zero-order chi connectivity index (χ0) is 11.4. The third-order valence-corrected chi connectivity index (χ3v) is 3.43. The first-order valence-corrected chi connectivity index (χ1v) is 5.24. The van der Waals surface area contributed by atoms with Crippen molar-refractivity contribution in [3.05, 3.63) is 0 Å². The van der Waals surface area contributed by atoms with Gasteiger partial charge < -0.3 is 4.90 Å². The predicted molar refractivity (Wildman–Crippen MR) is 51.7 cm³/mol. The summed E-state index contributed by atoms with van der Waals surface area (Å²) in [5, 5.41) is 10.5. The summed E-state index contributed by atoms with van der Waals surface area (Å²) in [4.78, 5) is 25.0. The molecule has 0 aromatic heterocycles. The molecule has 2 aliphatic rings. The van der Waals surface area contributed by atoms with E-state index in [1.54, 1.807) is 11.8 Å². The summed E-state index contributed by atoms with van der Waals surface area (Å²) in [7, 11) is 0. The van der Waals surface area contributed by atoms with Crippen molar-refractivity contribution in [3.8, 4) is 0 Å². The smallest absolute Gasteiger partial charge is 0.271 e. The van der Waals surface area contributed by atoms with Gasteiger partial charge in [0.1, 0.15) is 11.7 Å². The molecule has 5 heteroatoms. The molecule has 15 heavy (non-hydrogen) atoms. The number of amides is 2. The van der Waals surface area contributed by atoms with E-state index in [0.29, 0.717) is 12.8 Å². The fourth-order valence-corrected chi connectivity index (χ4v) is 2.57. The highest BCUT2D eigenvalue weighted by Crippen LogP contribution is 2.41. The SMILES string of the molecule is CC(C)[C@H]1C(=O)N(O)[C@]2(C)CCC(=O)N12. The lowest BCUT2D eigenvalue weighted by Gasteiger charge is -2.32. The van der Waals surface area contributed by atoms with Crippen LogP contribution in [0.1, 0.15) is 33.6 Å². The molecule has 2 heterocycles. The van der Waals surface area contributed by atoms with E-state index >= 15 is 0 Å². The van der Waals surface area contributed by atoms with Gasteiger partial charge in [0.15, 0.2) is 0 Å². The lowest BCUT2D eigenvalue weighted by molar-refractivity contribution is -0.187. The van der Waals surface area contributed by atoms with Gasteiger partial charge in [-0.15, -0.1) is 0 Å². The van der Waals surface area contributed by atoms with Crippen LogP contribution in [0.5, 0.6) is 0 Å². The Labute approximate surface area is 88.6 Å². The Kier molecular flexibility index (Phi) is 2.05. The Morgan fingerprint density at radius 2 is 2.07 bits per heavy atom. The zero-order valence-corrected chi connectivity index (χ0v) is 9.23. The monoisotopic (exact) mass is 212 g/mol. The minimum atomic E-state index is -0.816. The second-order valence-electron chi connectivity index (χ2n) is 4.82. The van der Waals surface area contributed by atoms with Crippen molar-refractivity contribution < 1.29 is 14.8 Å². The average Bonchev–Trinajstić information content (AvgIpc) is 2.54. The summed E-state index contributed by atoms with van der Waals surface area (Å²) in [6, 6.07) is -0.505. The topological polar surface area (TPSA) is 60.9 Å². The van der Waals surface area contributed by atoms with Crippen molar-refractivity contribution in [3.63, 3.8) is 0 Å². The highest BCUT2D eigenvalue weighted by Gasteiger charge is 2.60. The van der Waals surface area contributed by atoms with E-state index in [2.05, 4.69) is 0 Å². The fraction of sp³-hybridized carbons (Fsp3) is 0.800. The number of rotatable bonds is 1. The normalized spacial score (nSPS) is 35.7. The van der Waals surface area contributed by atoms with Gasteiger partial charge >= 0.3 is 0 Å². The van der Waals surface area contributed by atoms with Gasteiger partial charge in [0, 0.05) is 12.8 Å². The van der Waals surface area contributed by atoms with Crippen LogP contribution in [-0.2, 0) is 9.59 Å². The summed E-state index contributed by atoms with van der Waals surface area (Å²) in [6.45, 7) is 5.50. The molecule has 0 radical (unpaired) electrons. The maximum atomic E-state index is 11.8. The van der Waals surface area contributed by atoms with Gasteiger partial charge in [-0.3, -0.25) is 14.8 Å². The average molecular weight is 212 g/mol. The van der Waals surface area contributed by atoms with Gasteiger partial charge in [0.05, 0.1) is 0 Å². The van der Waals surface area contributed by atoms with Crippen LogP contribution in [-0.4, -0.2) is 38.7 Å². The summed E-state index contributed by atoms with van der Waals surface area (Å²) in [5.41, 5.74) is -0.816. The number of nitrogens with zero attached hydrogens (tertiary/aromatic N) is 2. The molecule has 1 N–H and O–H groups in total. The summed E-state index contributed by atoms with van der Waals surface area (Å²) in [5.74, 6) is -0.377. The number of hydrogen-bond acceptors (Lipinski definition) is 3. The molecule has 2 saturated heterocycles. The molecule has 2 atom stereocenters. The first kappa shape index (κ1) is 10.4. The second-order valence-corrected chi connectivity index (χ2v) is 4.82. The van der Waals surface area contributed by atoms with Gasteiger partial charge in [0.25, 0.3) is 5.91 Å². The number of fused-ring (bicyclic) bond motifs is 1. The second kappa shape index (κ2) is 2.95. The third-order valence-electron chi connectivity index (χ3n) is 3.43. The van der Waals surface area contributed by atoms with Gasteiger partial charge in [-0.1, -0.05) is 13.8 Å². The molecule has 0 spiro atoms. The Morgan fingerprint density at radius 3 is 2.60 bits per heavy atom. The van der Waals surface area contributed by atoms with E-state index in [-0.39, 0.29) is 17.7 Å². The van der Waals surface area contributed by atoms with Crippen molar-refractivity contribution >= 4 is 11.8 Å². The molecule has 0 aliphatic carbocycles. The van der Waals surface area contributed by atoms with Crippen LogP contribution in [0.4, 0.5) is 0 Å². The lowest BCUT2D eigenvalue weighted by atomic mass is 10.0. The molecule has 0 aromatic rings. The largest absolute Gasteiger partial charge is 0.305 e. The number of carbonyl (C=O) groups excluding carboxylic acids is 2. The first-order valence-electron chi connectivity index (χ1n) is 5.24. The molecule has 2 aliphatic heterocycles. The standard InChI is InChI=1S/C10H16N2O3/c1-6(2)8-9(14)12(15)10(3)5-4-7(13)11(8)10/h6,8,15H,4-5H2,1-3H3/t8-,10+/m0/s1. The molecular weight excluding hydrogens is 196 g/mol. The van der Waals surface area contributed by atoms with E-state index in [0.717, 1.165) is 5.06 Å². The van der Waals surface area contributed by atoms with Gasteiger partial charge in [-0.05, 0) is 12.8 Å². The highest BCUT2D eigenvalue weighted by atomic mass is 16.5. The minimum Gasteiger partial charge on any atom is -0.305 e. The van der Waals surface area contributed by atoms with E-state index in [4.69, 9.17) is 0 Å². The van der Waals surface area contributed by atoms with Crippen molar-refractivity contribution in [2.24, 2.45) is 5.92 Å². The Balaban J connectivity index is 2.44. The molecular formula is C10H16N2O3. The fourth-order valence-electron chi connectivity index (χ4n) is 2.57. The molecule has 2 amide bonds. The van der Waals surface area contributed by atoms with Crippen LogP contribution in [0.25, 0.3) is 0 Å². The maximum absolute atomic E-state index is 11.8. The highest BCUT2D eigenvalue weighted by molar-refractivity contribution is 5.93. The van der Waals surface area contributed by atoms with Crippen molar-refractivity contribution in [1.82, 2.24) is 9.96 Å². The van der Waals surface area contributed by atoms with Crippen LogP contribution >= 0.6 is 0 Å². The Bertz CT molecular complexity index is 329. The zero-order valence-electron chi connectivity index (χ0n) is 9.23. The Morgan fingerprint density at radius 1 is 1.47 bits per heavy atom. The molecule has 5 nitrogen and oxygen atoms in total. The Hall–Kier alpha value is -1.10. The molecule has 84 valence electrons. The van der Waals surface area contributed by atoms with Crippen molar-refractivity contribution in [2.75, 3.05) is 0 Å². The van der Waals surface area contributed by atoms with Crippen LogP contribution in [0.15, 0.2) is 0 Å². The van der Waals surface area contributed by atoms with Crippen molar-refractivity contribution in [1.29, 1.82) is 0 Å². The van der Waals surface area contributed by atoms with Crippen LogP contribution < -0.4 is 0 Å². The van der Waals surface area contributed by atoms with Gasteiger partial charge in [-0.2, -0.15) is 5.06 Å². The number of hydrogen-bond donors (Lipinski definition) is 1. The van der Waals surface area contributed by atoms with Gasteiger partial charge in [-0.25, -0.2) is 0 Å². The quantitative estimate of drug-likeness (QED) is 0.647. The number of carbonyl (C=O) groups is 2. The molecule has 2 fully saturated rings. The van der Waals surface area contributed by atoms with E-state index < -0.39 is 11.7 Å². The molecule has 0 bridgehead atoms. The van der Waals surface area contributed by atoms with Crippen LogP contribution in [0.3, 0.4) is 0 Å². The summed E-state index contributed by atoms with van der Waals surface area (Å²) >= 11 is 0. The predicted octanol–water partition coefficient (Wildman–Crippen LogP) is 0.581. The summed E-state index contributed by atoms with van der Waals surface area (Å²) in [6.07, 6.45) is 0.918.